The Kier molecular flexibility index (Phi) is 8.45. The van der Waals surface area contributed by atoms with Gasteiger partial charge in [-0.15, -0.1) is 0 Å². The van der Waals surface area contributed by atoms with Gasteiger partial charge in [0.1, 0.15) is 0 Å². The van der Waals surface area contributed by atoms with Gasteiger partial charge in [-0.05, 0) is 0 Å². The number of hydrogen-bond acceptors (Lipinski definition) is 5. The summed E-state index contributed by atoms with van der Waals surface area (Å²) in [6.07, 6.45) is 3.45. The van der Waals surface area contributed by atoms with E-state index in [1.165, 1.54) is 19.3 Å². The minimum Gasteiger partial charge on any atom is -0.485 e. The first-order chi connectivity index (χ1) is 9.80. The zero-order valence-corrected chi connectivity index (χ0v) is 14.0. The van der Waals surface area contributed by atoms with E-state index in [9.17, 15) is 9.59 Å². The Labute approximate surface area is 125 Å². The van der Waals surface area contributed by atoms with Crippen molar-refractivity contribution in [2.45, 2.75) is 38.8 Å². The predicted molar refractivity (Wildman–Crippen MR) is 78.8 cm³/mol. The highest BCUT2D eigenvalue weighted by atomic mass is 28.4. The van der Waals surface area contributed by atoms with Crippen LogP contribution in [-0.4, -0.2) is 45.2 Å². The molecule has 0 heterocycles. The lowest BCUT2D eigenvalue weighted by molar-refractivity contribution is -0.135. The molecule has 0 N–H and O–H groups in total. The topological polar surface area (TPSA) is 98.2 Å². The van der Waals surface area contributed by atoms with Gasteiger partial charge in [0.25, 0.3) is 0 Å². The Bertz CT molecular complexity index is 434. The van der Waals surface area contributed by atoms with E-state index in [4.69, 9.17) is 14.4 Å². The molecule has 0 atom stereocenters. The van der Waals surface area contributed by atoms with Crippen LogP contribution in [0.3, 0.4) is 0 Å². The Morgan fingerprint density at radius 2 is 1.76 bits per heavy atom. The predicted octanol–water partition coefficient (Wildman–Crippen LogP) is 1.84. The molecule has 0 aliphatic carbocycles. The van der Waals surface area contributed by atoms with Crippen molar-refractivity contribution < 1.29 is 28.0 Å². The number of rotatable bonds is 8. The standard InChI is InChI=1S/C13H22N2O5Si/c1-10(2)21(11(3)4,20-13(17)9-15-14)19-8-6-7-12(16)18-5/h6-7,9-11H,8H2,1-5H3/b7-6+. The van der Waals surface area contributed by atoms with Crippen LogP contribution in [-0.2, 0) is 23.2 Å². The summed E-state index contributed by atoms with van der Waals surface area (Å²) in [6.45, 7) is 7.74. The van der Waals surface area contributed by atoms with Gasteiger partial charge in [-0.2, -0.15) is 4.79 Å². The number of carbonyl (C=O) groups excluding carboxylic acids is 2. The van der Waals surface area contributed by atoms with Gasteiger partial charge in [0, 0.05) is 17.2 Å². The number of esters is 1. The van der Waals surface area contributed by atoms with Gasteiger partial charge in [0.15, 0.2) is 0 Å². The minimum absolute atomic E-state index is 0.0138. The lowest BCUT2D eigenvalue weighted by atomic mass is 10.5. The number of methoxy groups -OCH3 is 1. The summed E-state index contributed by atoms with van der Waals surface area (Å²) in [5.74, 6) is -1.23. The smallest absolute Gasteiger partial charge is 0.407 e. The average molecular weight is 314 g/mol. The molecule has 0 amide bonds. The van der Waals surface area contributed by atoms with Crippen molar-refractivity contribution in [3.63, 3.8) is 0 Å². The van der Waals surface area contributed by atoms with Crippen molar-refractivity contribution in [1.82, 2.24) is 0 Å². The van der Waals surface area contributed by atoms with Crippen LogP contribution >= 0.6 is 0 Å². The second-order valence-corrected chi connectivity index (χ2v) is 9.18. The van der Waals surface area contributed by atoms with Gasteiger partial charge in [-0.3, -0.25) is 0 Å². The van der Waals surface area contributed by atoms with Crippen molar-refractivity contribution in [2.24, 2.45) is 0 Å². The molecule has 8 heteroatoms. The summed E-state index contributed by atoms with van der Waals surface area (Å²) < 4.78 is 15.7. The third-order valence-electron chi connectivity index (χ3n) is 2.89. The molecule has 0 aromatic rings. The van der Waals surface area contributed by atoms with Crippen LogP contribution in [0.15, 0.2) is 12.2 Å². The molecular weight excluding hydrogens is 292 g/mol. The van der Waals surface area contributed by atoms with Crippen LogP contribution in [0.4, 0.5) is 0 Å². The molecule has 0 unspecified atom stereocenters. The molecule has 0 aromatic carbocycles. The molecule has 0 aliphatic rings. The highest BCUT2D eigenvalue weighted by Gasteiger charge is 2.48. The van der Waals surface area contributed by atoms with Gasteiger partial charge in [0.2, 0.25) is 0 Å². The molecular formula is C13H22N2O5Si. The van der Waals surface area contributed by atoms with E-state index in [2.05, 4.69) is 9.53 Å². The van der Waals surface area contributed by atoms with E-state index >= 15 is 0 Å². The third-order valence-corrected chi connectivity index (χ3v) is 7.25. The minimum atomic E-state index is -2.89. The van der Waals surface area contributed by atoms with Gasteiger partial charge in [-0.25, -0.2) is 9.59 Å². The van der Waals surface area contributed by atoms with E-state index in [1.807, 2.05) is 27.7 Å². The van der Waals surface area contributed by atoms with Crippen molar-refractivity contribution in [2.75, 3.05) is 13.7 Å². The van der Waals surface area contributed by atoms with E-state index in [1.54, 1.807) is 0 Å². The number of hydrogen-bond donors (Lipinski definition) is 0. The van der Waals surface area contributed by atoms with Gasteiger partial charge < -0.3 is 19.1 Å². The highest BCUT2D eigenvalue weighted by molar-refractivity contribution is 6.72. The SMILES string of the molecule is COC(=O)/C=C/CO[Si](OC(=O)C=[N+]=[N-])(C(C)C)C(C)C. The molecule has 0 bridgehead atoms. The lowest BCUT2D eigenvalue weighted by Gasteiger charge is -2.35. The van der Waals surface area contributed by atoms with Crippen LogP contribution in [0.25, 0.3) is 5.53 Å². The molecule has 0 saturated heterocycles. The highest BCUT2D eigenvalue weighted by Crippen LogP contribution is 2.34. The molecule has 0 rings (SSSR count). The van der Waals surface area contributed by atoms with E-state index < -0.39 is 20.5 Å². The average Bonchev–Trinajstić information content (AvgIpc) is 2.41. The maximum Gasteiger partial charge on any atom is 0.407 e. The maximum absolute atomic E-state index is 11.6. The monoisotopic (exact) mass is 314 g/mol. The Morgan fingerprint density at radius 3 is 2.19 bits per heavy atom. The van der Waals surface area contributed by atoms with E-state index in [-0.39, 0.29) is 17.7 Å². The van der Waals surface area contributed by atoms with Crippen LogP contribution in [0.2, 0.25) is 11.1 Å². The second kappa shape index (κ2) is 9.22. The fourth-order valence-electron chi connectivity index (χ4n) is 1.89. The van der Waals surface area contributed by atoms with Gasteiger partial charge >= 0.3 is 26.7 Å². The first kappa shape index (κ1) is 19.2. The van der Waals surface area contributed by atoms with E-state index in [0.717, 1.165) is 0 Å². The molecule has 0 fully saturated rings. The van der Waals surface area contributed by atoms with Crippen molar-refractivity contribution in [3.05, 3.63) is 17.7 Å². The summed E-state index contributed by atoms with van der Waals surface area (Å²) in [5.41, 5.74) is 8.37. The summed E-state index contributed by atoms with van der Waals surface area (Å²) in [4.78, 5) is 25.2. The van der Waals surface area contributed by atoms with Crippen molar-refractivity contribution >= 4 is 26.7 Å². The molecule has 0 saturated carbocycles. The maximum atomic E-state index is 11.6. The first-order valence-electron chi connectivity index (χ1n) is 6.59. The van der Waals surface area contributed by atoms with Crippen LogP contribution in [0.5, 0.6) is 0 Å². The number of ether oxygens (including phenoxy) is 1. The molecule has 118 valence electrons. The fourth-order valence-corrected chi connectivity index (χ4v) is 5.14. The molecule has 0 radical (unpaired) electrons. The molecule has 7 nitrogen and oxygen atoms in total. The lowest BCUT2D eigenvalue weighted by Crippen LogP contribution is -2.50. The molecule has 0 aromatic heterocycles. The Morgan fingerprint density at radius 1 is 1.19 bits per heavy atom. The molecule has 0 aliphatic heterocycles. The first-order valence-corrected chi connectivity index (χ1v) is 8.56. The van der Waals surface area contributed by atoms with Crippen molar-refractivity contribution in [1.29, 1.82) is 0 Å². The largest absolute Gasteiger partial charge is 0.485 e. The summed E-state index contributed by atoms with van der Waals surface area (Å²) >= 11 is 0. The Balaban J connectivity index is 5.04. The van der Waals surface area contributed by atoms with E-state index in [0.29, 0.717) is 6.21 Å². The number of carbonyl (C=O) groups is 2. The van der Waals surface area contributed by atoms with Crippen molar-refractivity contribution in [3.8, 4) is 0 Å². The molecule has 0 spiro atoms. The normalized spacial score (nSPS) is 11.6. The number of nitrogens with zero attached hydrogens (tertiary/aromatic N) is 2. The zero-order chi connectivity index (χ0) is 16.5. The molecule has 21 heavy (non-hydrogen) atoms. The third kappa shape index (κ3) is 6.03. The van der Waals surface area contributed by atoms with Gasteiger partial charge in [0.05, 0.1) is 13.7 Å². The quantitative estimate of drug-likeness (QED) is 0.170. The van der Waals surface area contributed by atoms with Gasteiger partial charge in [-0.1, -0.05) is 33.8 Å². The fraction of sp³-hybridized carbons (Fsp3) is 0.615. The zero-order valence-electron chi connectivity index (χ0n) is 13.0. The Hall–Kier alpha value is -1.76. The summed E-state index contributed by atoms with van der Waals surface area (Å²) in [6, 6.07) is 0. The van der Waals surface area contributed by atoms with Crippen LogP contribution < -0.4 is 0 Å². The van der Waals surface area contributed by atoms with Crippen LogP contribution in [0, 0.1) is 0 Å². The summed E-state index contributed by atoms with van der Waals surface area (Å²) in [5, 5.41) is 0. The second-order valence-electron chi connectivity index (χ2n) is 4.93. The van der Waals surface area contributed by atoms with Crippen LogP contribution in [0.1, 0.15) is 27.7 Å². The summed E-state index contributed by atoms with van der Waals surface area (Å²) in [7, 11) is -1.61.